The second kappa shape index (κ2) is 4.64. The zero-order valence-electron chi connectivity index (χ0n) is 10.0. The molecule has 1 saturated heterocycles. The Balaban J connectivity index is 1.80. The summed E-state index contributed by atoms with van der Waals surface area (Å²) in [6.07, 6.45) is 4.54. The third-order valence-electron chi connectivity index (χ3n) is 4.05. The second-order valence-corrected chi connectivity index (χ2v) is 5.39. The van der Waals surface area contributed by atoms with Gasteiger partial charge in [0.15, 0.2) is 0 Å². The number of hydrogen-bond acceptors (Lipinski definition) is 3. The van der Waals surface area contributed by atoms with Crippen LogP contribution in [-0.4, -0.2) is 40.5 Å². The average molecular weight is 240 g/mol. The van der Waals surface area contributed by atoms with Crippen molar-refractivity contribution < 1.29 is 14.7 Å². The van der Waals surface area contributed by atoms with E-state index in [0.29, 0.717) is 32.4 Å². The molecule has 2 aliphatic rings. The Morgan fingerprint density at radius 3 is 2.29 bits per heavy atom. The maximum absolute atomic E-state index is 12.0. The molecule has 0 bridgehead atoms. The summed E-state index contributed by atoms with van der Waals surface area (Å²) in [6.45, 7) is 1.12. The summed E-state index contributed by atoms with van der Waals surface area (Å²) < 4.78 is 0. The first-order chi connectivity index (χ1) is 8.00. The van der Waals surface area contributed by atoms with Crippen molar-refractivity contribution in [3.05, 3.63) is 0 Å². The van der Waals surface area contributed by atoms with Crippen molar-refractivity contribution in [3.8, 4) is 0 Å². The van der Waals surface area contributed by atoms with E-state index in [9.17, 15) is 9.59 Å². The quantitative estimate of drug-likeness (QED) is 0.756. The van der Waals surface area contributed by atoms with Crippen molar-refractivity contribution in [2.75, 3.05) is 13.1 Å². The van der Waals surface area contributed by atoms with Crippen LogP contribution in [0, 0.1) is 5.92 Å². The Kier molecular flexibility index (Phi) is 3.38. The highest BCUT2D eigenvalue weighted by Crippen LogP contribution is 2.33. The third kappa shape index (κ3) is 2.77. The molecule has 0 atom stereocenters. The molecule has 1 aliphatic carbocycles. The van der Waals surface area contributed by atoms with Crippen LogP contribution in [0.25, 0.3) is 0 Å². The minimum Gasteiger partial charge on any atom is -0.481 e. The summed E-state index contributed by atoms with van der Waals surface area (Å²) in [6, 6.07) is 0. The minimum absolute atomic E-state index is 0.0936. The van der Waals surface area contributed by atoms with Gasteiger partial charge in [0.25, 0.3) is 0 Å². The van der Waals surface area contributed by atoms with E-state index in [-0.39, 0.29) is 17.4 Å². The highest BCUT2D eigenvalue weighted by atomic mass is 16.4. The first-order valence-electron chi connectivity index (χ1n) is 6.30. The molecule has 0 unspecified atom stereocenters. The maximum Gasteiger partial charge on any atom is 0.306 e. The molecule has 0 aromatic carbocycles. The molecule has 5 heteroatoms. The van der Waals surface area contributed by atoms with Gasteiger partial charge in [0.2, 0.25) is 5.91 Å². The third-order valence-corrected chi connectivity index (χ3v) is 4.05. The molecular weight excluding hydrogens is 220 g/mol. The number of carbonyl (C=O) groups excluding carboxylic acids is 1. The van der Waals surface area contributed by atoms with Crippen LogP contribution in [0.3, 0.4) is 0 Å². The summed E-state index contributed by atoms with van der Waals surface area (Å²) in [4.78, 5) is 24.5. The van der Waals surface area contributed by atoms with Crippen LogP contribution < -0.4 is 5.73 Å². The van der Waals surface area contributed by atoms with E-state index < -0.39 is 5.97 Å². The number of amides is 1. The Morgan fingerprint density at radius 1 is 1.29 bits per heavy atom. The number of nitrogens with two attached hydrogens (primary N) is 1. The lowest BCUT2D eigenvalue weighted by Crippen LogP contribution is -2.51. The normalized spacial score (nSPS) is 24.2. The molecule has 96 valence electrons. The van der Waals surface area contributed by atoms with E-state index in [0.717, 1.165) is 19.3 Å². The first kappa shape index (κ1) is 12.4. The van der Waals surface area contributed by atoms with Crippen LogP contribution in [0.15, 0.2) is 0 Å². The molecule has 1 saturated carbocycles. The van der Waals surface area contributed by atoms with Crippen LogP contribution in [0.2, 0.25) is 0 Å². The summed E-state index contributed by atoms with van der Waals surface area (Å²) in [5, 5.41) is 8.87. The lowest BCUT2D eigenvalue weighted by molar-refractivity contribution is -0.146. The van der Waals surface area contributed by atoms with Gasteiger partial charge in [-0.1, -0.05) is 0 Å². The number of carbonyl (C=O) groups is 2. The maximum atomic E-state index is 12.0. The molecule has 3 N–H and O–H groups in total. The van der Waals surface area contributed by atoms with Crippen LogP contribution >= 0.6 is 0 Å². The molecule has 2 rings (SSSR count). The molecule has 2 fully saturated rings. The fraction of sp³-hybridized carbons (Fsp3) is 0.833. The fourth-order valence-electron chi connectivity index (χ4n) is 2.60. The van der Waals surface area contributed by atoms with Gasteiger partial charge in [-0.05, 0) is 32.1 Å². The summed E-state index contributed by atoms with van der Waals surface area (Å²) in [5.41, 5.74) is 5.77. The van der Waals surface area contributed by atoms with Gasteiger partial charge in [-0.15, -0.1) is 0 Å². The monoisotopic (exact) mass is 240 g/mol. The Labute approximate surface area is 101 Å². The van der Waals surface area contributed by atoms with Gasteiger partial charge in [0.1, 0.15) is 0 Å². The highest BCUT2D eigenvalue weighted by Gasteiger charge is 2.37. The van der Waals surface area contributed by atoms with E-state index in [1.165, 1.54) is 0 Å². The second-order valence-electron chi connectivity index (χ2n) is 5.39. The van der Waals surface area contributed by atoms with Gasteiger partial charge in [0.05, 0.1) is 5.92 Å². The van der Waals surface area contributed by atoms with Gasteiger partial charge < -0.3 is 15.7 Å². The molecule has 1 heterocycles. The lowest BCUT2D eigenvalue weighted by Gasteiger charge is -2.40. The Hall–Kier alpha value is -1.10. The largest absolute Gasteiger partial charge is 0.481 e. The standard InChI is InChI=1S/C12H20N2O3/c13-12(4-1-5-12)8-10(15)14-6-2-9(3-7-14)11(16)17/h9H,1-8,13H2,(H,16,17). The molecule has 17 heavy (non-hydrogen) atoms. The van der Waals surface area contributed by atoms with E-state index in [1.807, 2.05) is 0 Å². The van der Waals surface area contributed by atoms with E-state index in [4.69, 9.17) is 10.8 Å². The van der Waals surface area contributed by atoms with E-state index >= 15 is 0 Å². The predicted octanol–water partition coefficient (Wildman–Crippen LogP) is 0.581. The molecule has 1 amide bonds. The topological polar surface area (TPSA) is 83.6 Å². The van der Waals surface area contributed by atoms with Gasteiger partial charge in [-0.25, -0.2) is 0 Å². The first-order valence-corrected chi connectivity index (χ1v) is 6.30. The molecule has 0 aromatic heterocycles. The molecule has 0 aromatic rings. The summed E-state index contributed by atoms with van der Waals surface area (Å²) >= 11 is 0. The Morgan fingerprint density at radius 2 is 1.88 bits per heavy atom. The number of piperidine rings is 1. The van der Waals surface area contributed by atoms with Gasteiger partial charge in [0, 0.05) is 25.0 Å². The van der Waals surface area contributed by atoms with Crippen LogP contribution in [0.4, 0.5) is 0 Å². The number of carboxylic acid groups (broad SMARTS) is 1. The molecule has 5 nitrogen and oxygen atoms in total. The van der Waals surface area contributed by atoms with Crippen molar-refractivity contribution >= 4 is 11.9 Å². The Bertz CT molecular complexity index is 318. The minimum atomic E-state index is -0.744. The van der Waals surface area contributed by atoms with Crippen molar-refractivity contribution in [2.24, 2.45) is 11.7 Å². The lowest BCUT2D eigenvalue weighted by atomic mass is 9.75. The zero-order chi connectivity index (χ0) is 12.5. The van der Waals surface area contributed by atoms with Gasteiger partial charge in [-0.2, -0.15) is 0 Å². The molecule has 0 radical (unpaired) electrons. The summed E-state index contributed by atoms with van der Waals surface area (Å²) in [5.74, 6) is -0.933. The zero-order valence-corrected chi connectivity index (χ0v) is 10.0. The van der Waals surface area contributed by atoms with Gasteiger partial charge in [-0.3, -0.25) is 9.59 Å². The number of carboxylic acids is 1. The van der Waals surface area contributed by atoms with Crippen molar-refractivity contribution in [3.63, 3.8) is 0 Å². The number of likely N-dealkylation sites (tertiary alicyclic amines) is 1. The van der Waals surface area contributed by atoms with Gasteiger partial charge >= 0.3 is 5.97 Å². The van der Waals surface area contributed by atoms with Crippen LogP contribution in [0.1, 0.15) is 38.5 Å². The number of hydrogen-bond donors (Lipinski definition) is 2. The van der Waals surface area contributed by atoms with Crippen molar-refractivity contribution in [1.82, 2.24) is 4.90 Å². The van der Waals surface area contributed by atoms with Crippen LogP contribution in [0.5, 0.6) is 0 Å². The molecular formula is C12H20N2O3. The average Bonchev–Trinajstić information content (AvgIpc) is 2.27. The predicted molar refractivity (Wildman–Crippen MR) is 62.3 cm³/mol. The van der Waals surface area contributed by atoms with Crippen molar-refractivity contribution in [1.29, 1.82) is 0 Å². The molecule has 1 aliphatic heterocycles. The van der Waals surface area contributed by atoms with E-state index in [1.54, 1.807) is 4.90 Å². The number of aliphatic carboxylic acids is 1. The molecule has 0 spiro atoms. The number of rotatable bonds is 3. The smallest absolute Gasteiger partial charge is 0.306 e. The fourth-order valence-corrected chi connectivity index (χ4v) is 2.60. The highest BCUT2D eigenvalue weighted by molar-refractivity contribution is 5.78. The van der Waals surface area contributed by atoms with E-state index in [2.05, 4.69) is 0 Å². The SMILES string of the molecule is NC1(CC(=O)N2CCC(C(=O)O)CC2)CCC1. The number of nitrogens with zero attached hydrogens (tertiary/aromatic N) is 1. The van der Waals surface area contributed by atoms with Crippen LogP contribution in [-0.2, 0) is 9.59 Å². The van der Waals surface area contributed by atoms with Crippen molar-refractivity contribution in [2.45, 2.75) is 44.1 Å². The summed E-state index contributed by atoms with van der Waals surface area (Å²) in [7, 11) is 0.